The highest BCUT2D eigenvalue weighted by molar-refractivity contribution is 7.98. The van der Waals surface area contributed by atoms with Gasteiger partial charge in [-0.15, -0.1) is 0 Å². The van der Waals surface area contributed by atoms with Gasteiger partial charge in [0.25, 0.3) is 0 Å². The van der Waals surface area contributed by atoms with E-state index in [1.165, 1.54) is 6.07 Å². The number of benzene rings is 1. The molecule has 1 saturated heterocycles. The maximum absolute atomic E-state index is 13.5. The van der Waals surface area contributed by atoms with Crippen LogP contribution in [0, 0.1) is 11.7 Å². The molecule has 1 unspecified atom stereocenters. The number of hydrogen-bond acceptors (Lipinski definition) is 4. The van der Waals surface area contributed by atoms with Gasteiger partial charge in [-0.25, -0.2) is 4.39 Å². The minimum atomic E-state index is -0.131. The smallest absolute Gasteiger partial charge is 0.191 e. The monoisotopic (exact) mass is 383 g/mol. The Morgan fingerprint density at radius 1 is 1.35 bits per heavy atom. The number of rotatable bonds is 11. The number of halogens is 1. The van der Waals surface area contributed by atoms with Crippen molar-refractivity contribution in [1.82, 2.24) is 10.6 Å². The average Bonchev–Trinajstić information content (AvgIpc) is 3.17. The SMILES string of the molecule is CN=C(NCCCOCC1CCOC1)NCCSCc1ccccc1F. The van der Waals surface area contributed by atoms with Crippen LogP contribution in [0.1, 0.15) is 18.4 Å². The van der Waals surface area contributed by atoms with Gasteiger partial charge in [0.1, 0.15) is 5.82 Å². The van der Waals surface area contributed by atoms with Crippen LogP contribution in [0.4, 0.5) is 4.39 Å². The molecule has 146 valence electrons. The number of ether oxygens (including phenoxy) is 2. The first kappa shape index (κ1) is 21.0. The van der Waals surface area contributed by atoms with E-state index in [2.05, 4.69) is 15.6 Å². The Kier molecular flexibility index (Phi) is 10.5. The molecule has 0 bridgehead atoms. The molecule has 1 aliphatic heterocycles. The predicted molar refractivity (Wildman–Crippen MR) is 106 cm³/mol. The maximum atomic E-state index is 13.5. The molecule has 0 radical (unpaired) electrons. The summed E-state index contributed by atoms with van der Waals surface area (Å²) >= 11 is 1.70. The topological polar surface area (TPSA) is 54.9 Å². The van der Waals surface area contributed by atoms with Gasteiger partial charge < -0.3 is 20.1 Å². The Balaban J connectivity index is 1.45. The van der Waals surface area contributed by atoms with Gasteiger partial charge in [0.2, 0.25) is 0 Å². The third-order valence-electron chi connectivity index (χ3n) is 4.11. The first-order chi connectivity index (χ1) is 12.8. The van der Waals surface area contributed by atoms with E-state index in [4.69, 9.17) is 9.47 Å². The molecule has 1 aromatic carbocycles. The maximum Gasteiger partial charge on any atom is 0.191 e. The molecule has 2 N–H and O–H groups in total. The Morgan fingerprint density at radius 2 is 2.19 bits per heavy atom. The Labute approximate surface area is 160 Å². The van der Waals surface area contributed by atoms with Crippen molar-refractivity contribution in [2.24, 2.45) is 10.9 Å². The van der Waals surface area contributed by atoms with Crippen LogP contribution in [0.3, 0.4) is 0 Å². The van der Waals surface area contributed by atoms with E-state index in [0.717, 1.165) is 69.6 Å². The fourth-order valence-corrected chi connectivity index (χ4v) is 3.45. The second-order valence-corrected chi connectivity index (χ2v) is 7.33. The van der Waals surface area contributed by atoms with E-state index >= 15 is 0 Å². The quantitative estimate of drug-likeness (QED) is 0.350. The molecule has 7 heteroatoms. The van der Waals surface area contributed by atoms with Crippen LogP contribution in [0.5, 0.6) is 0 Å². The molecule has 1 heterocycles. The van der Waals surface area contributed by atoms with Crippen LogP contribution in [-0.2, 0) is 15.2 Å². The largest absolute Gasteiger partial charge is 0.381 e. The average molecular weight is 384 g/mol. The highest BCUT2D eigenvalue weighted by Crippen LogP contribution is 2.14. The van der Waals surface area contributed by atoms with Crippen LogP contribution in [0.2, 0.25) is 0 Å². The molecule has 5 nitrogen and oxygen atoms in total. The van der Waals surface area contributed by atoms with E-state index in [0.29, 0.717) is 11.7 Å². The van der Waals surface area contributed by atoms with Gasteiger partial charge in [-0.05, 0) is 24.5 Å². The lowest BCUT2D eigenvalue weighted by atomic mass is 10.1. The molecule has 0 saturated carbocycles. The van der Waals surface area contributed by atoms with Gasteiger partial charge in [-0.1, -0.05) is 18.2 Å². The highest BCUT2D eigenvalue weighted by Gasteiger charge is 2.15. The molecule has 1 aliphatic rings. The molecule has 0 spiro atoms. The fourth-order valence-electron chi connectivity index (χ4n) is 2.61. The molecule has 1 atom stereocenters. The lowest BCUT2D eigenvalue weighted by molar-refractivity contribution is 0.0888. The zero-order valence-electron chi connectivity index (χ0n) is 15.5. The van der Waals surface area contributed by atoms with Crippen molar-refractivity contribution in [1.29, 1.82) is 0 Å². The van der Waals surface area contributed by atoms with Crippen molar-refractivity contribution in [3.63, 3.8) is 0 Å². The summed E-state index contributed by atoms with van der Waals surface area (Å²) in [4.78, 5) is 4.21. The third kappa shape index (κ3) is 8.38. The molecule has 1 fully saturated rings. The lowest BCUT2D eigenvalue weighted by Crippen LogP contribution is -2.39. The molecular formula is C19H30FN3O2S. The number of thioether (sulfide) groups is 1. The molecule has 1 aromatic rings. The van der Waals surface area contributed by atoms with E-state index in [9.17, 15) is 4.39 Å². The summed E-state index contributed by atoms with van der Waals surface area (Å²) in [6, 6.07) is 6.92. The number of nitrogens with zero attached hydrogens (tertiary/aromatic N) is 1. The molecular weight excluding hydrogens is 353 g/mol. The molecule has 0 amide bonds. The van der Waals surface area contributed by atoms with Gasteiger partial charge in [-0.2, -0.15) is 11.8 Å². The zero-order chi connectivity index (χ0) is 18.5. The van der Waals surface area contributed by atoms with Crippen molar-refractivity contribution in [3.05, 3.63) is 35.6 Å². The van der Waals surface area contributed by atoms with Gasteiger partial charge in [0.05, 0.1) is 13.2 Å². The normalized spacial score (nSPS) is 17.5. The number of aliphatic imine (C=N–C) groups is 1. The van der Waals surface area contributed by atoms with Gasteiger partial charge in [0.15, 0.2) is 5.96 Å². The van der Waals surface area contributed by atoms with Crippen molar-refractivity contribution < 1.29 is 13.9 Å². The van der Waals surface area contributed by atoms with Crippen molar-refractivity contribution in [3.8, 4) is 0 Å². The standard InChI is InChI=1S/C19H30FN3O2S/c1-21-19(22-8-4-10-24-13-16-7-11-25-14-16)23-9-12-26-15-17-5-2-3-6-18(17)20/h2-3,5-6,16H,4,7-15H2,1H3,(H2,21,22,23). The summed E-state index contributed by atoms with van der Waals surface area (Å²) in [5.74, 6) is 2.80. The Morgan fingerprint density at radius 3 is 2.96 bits per heavy atom. The first-order valence-corrected chi connectivity index (χ1v) is 10.4. The second-order valence-electron chi connectivity index (χ2n) is 6.23. The van der Waals surface area contributed by atoms with Crippen molar-refractivity contribution >= 4 is 17.7 Å². The van der Waals surface area contributed by atoms with Crippen LogP contribution >= 0.6 is 11.8 Å². The van der Waals surface area contributed by atoms with Gasteiger partial charge in [-0.3, -0.25) is 4.99 Å². The van der Waals surface area contributed by atoms with Crippen molar-refractivity contribution in [2.75, 3.05) is 52.3 Å². The third-order valence-corrected chi connectivity index (χ3v) is 5.12. The zero-order valence-corrected chi connectivity index (χ0v) is 16.3. The van der Waals surface area contributed by atoms with Crippen molar-refractivity contribution in [2.45, 2.75) is 18.6 Å². The minimum absolute atomic E-state index is 0.131. The summed E-state index contributed by atoms with van der Waals surface area (Å²) in [5, 5.41) is 6.55. The second kappa shape index (κ2) is 12.9. The van der Waals surface area contributed by atoms with E-state index in [-0.39, 0.29) is 5.82 Å². The molecule has 26 heavy (non-hydrogen) atoms. The Bertz CT molecular complexity index is 539. The van der Waals surface area contributed by atoms with E-state index < -0.39 is 0 Å². The Hall–Kier alpha value is -1.31. The van der Waals surface area contributed by atoms with Gasteiger partial charge in [0, 0.05) is 50.8 Å². The van der Waals surface area contributed by atoms with Crippen LogP contribution in [-0.4, -0.2) is 58.3 Å². The first-order valence-electron chi connectivity index (χ1n) is 9.20. The summed E-state index contributed by atoms with van der Waals surface area (Å²) in [5.41, 5.74) is 0.754. The summed E-state index contributed by atoms with van der Waals surface area (Å²) in [6.07, 6.45) is 2.06. The summed E-state index contributed by atoms with van der Waals surface area (Å²) in [7, 11) is 1.76. The molecule has 0 aliphatic carbocycles. The number of nitrogens with one attached hydrogen (secondary N) is 2. The predicted octanol–water partition coefficient (Wildman–Crippen LogP) is 2.67. The van der Waals surface area contributed by atoms with Crippen LogP contribution in [0.15, 0.2) is 29.3 Å². The van der Waals surface area contributed by atoms with E-state index in [1.807, 2.05) is 12.1 Å². The number of guanidine groups is 1. The van der Waals surface area contributed by atoms with E-state index in [1.54, 1.807) is 24.9 Å². The summed E-state index contributed by atoms with van der Waals surface area (Å²) < 4.78 is 24.5. The summed E-state index contributed by atoms with van der Waals surface area (Å²) in [6.45, 7) is 4.87. The number of hydrogen-bond donors (Lipinski definition) is 2. The molecule has 2 rings (SSSR count). The minimum Gasteiger partial charge on any atom is -0.381 e. The lowest BCUT2D eigenvalue weighted by Gasteiger charge is -2.12. The molecule has 0 aromatic heterocycles. The van der Waals surface area contributed by atoms with Gasteiger partial charge >= 0.3 is 0 Å². The highest BCUT2D eigenvalue weighted by atomic mass is 32.2. The fraction of sp³-hybridized carbons (Fsp3) is 0.632. The van der Waals surface area contributed by atoms with Crippen LogP contribution in [0.25, 0.3) is 0 Å². The van der Waals surface area contributed by atoms with Crippen LogP contribution < -0.4 is 10.6 Å².